The van der Waals surface area contributed by atoms with E-state index < -0.39 is 0 Å². The normalized spacial score (nSPS) is 21.7. The highest BCUT2D eigenvalue weighted by Crippen LogP contribution is 2.18. The first-order valence-electron chi connectivity index (χ1n) is 7.89. The number of hydrogen-bond donors (Lipinski definition) is 1. The summed E-state index contributed by atoms with van der Waals surface area (Å²) in [6, 6.07) is 4.10. The minimum atomic E-state index is 0.0607. The van der Waals surface area contributed by atoms with Crippen LogP contribution in [0.3, 0.4) is 0 Å². The maximum absolute atomic E-state index is 11.8. The van der Waals surface area contributed by atoms with E-state index in [-0.39, 0.29) is 12.0 Å². The number of nitrogens with one attached hydrogen (secondary N) is 1. The molecule has 1 N–H and O–H groups in total. The maximum atomic E-state index is 11.8. The van der Waals surface area contributed by atoms with Gasteiger partial charge in [-0.2, -0.15) is 0 Å². The Labute approximate surface area is 125 Å². The summed E-state index contributed by atoms with van der Waals surface area (Å²) in [5.41, 5.74) is 1.04. The average molecular weight is 289 g/mol. The van der Waals surface area contributed by atoms with Crippen molar-refractivity contribution in [1.82, 2.24) is 10.3 Å². The molecule has 1 unspecified atom stereocenters. The molecule has 0 radical (unpaired) electrons. The van der Waals surface area contributed by atoms with Crippen molar-refractivity contribution in [3.8, 4) is 0 Å². The van der Waals surface area contributed by atoms with Gasteiger partial charge in [0.25, 0.3) is 0 Å². The average Bonchev–Trinajstić information content (AvgIpc) is 3.19. The molecule has 21 heavy (non-hydrogen) atoms. The lowest BCUT2D eigenvalue weighted by Crippen LogP contribution is -2.27. The molecule has 3 rings (SSSR count). The van der Waals surface area contributed by atoms with Gasteiger partial charge in [-0.05, 0) is 37.3 Å². The van der Waals surface area contributed by atoms with Gasteiger partial charge in [-0.15, -0.1) is 0 Å². The van der Waals surface area contributed by atoms with Crippen LogP contribution in [0.2, 0.25) is 0 Å². The lowest BCUT2D eigenvalue weighted by Gasteiger charge is -2.16. The van der Waals surface area contributed by atoms with Crippen LogP contribution in [0, 0.1) is 0 Å². The first-order valence-corrected chi connectivity index (χ1v) is 7.89. The molecule has 2 aliphatic rings. The van der Waals surface area contributed by atoms with Gasteiger partial charge in [0.1, 0.15) is 5.82 Å². The zero-order valence-electron chi connectivity index (χ0n) is 12.4. The smallest absolute Gasteiger partial charge is 0.222 e. The molecular weight excluding hydrogens is 266 g/mol. The molecule has 5 nitrogen and oxygen atoms in total. The van der Waals surface area contributed by atoms with Gasteiger partial charge in [0.15, 0.2) is 0 Å². The fourth-order valence-corrected chi connectivity index (χ4v) is 2.94. The van der Waals surface area contributed by atoms with E-state index in [2.05, 4.69) is 15.2 Å². The topological polar surface area (TPSA) is 54.5 Å². The first kappa shape index (κ1) is 14.3. The maximum Gasteiger partial charge on any atom is 0.222 e. The Morgan fingerprint density at radius 2 is 2.19 bits per heavy atom. The van der Waals surface area contributed by atoms with Crippen molar-refractivity contribution in [1.29, 1.82) is 0 Å². The minimum absolute atomic E-state index is 0.0607. The molecule has 0 aromatic carbocycles. The van der Waals surface area contributed by atoms with Crippen LogP contribution in [0.4, 0.5) is 5.82 Å². The van der Waals surface area contributed by atoms with E-state index in [0.29, 0.717) is 13.0 Å². The number of carbonyl (C=O) groups excluding carboxylic acids is 1. The van der Waals surface area contributed by atoms with Gasteiger partial charge >= 0.3 is 0 Å². The van der Waals surface area contributed by atoms with Crippen molar-refractivity contribution in [2.45, 2.75) is 44.8 Å². The molecule has 2 fully saturated rings. The second-order valence-corrected chi connectivity index (χ2v) is 5.83. The van der Waals surface area contributed by atoms with Gasteiger partial charge < -0.3 is 15.0 Å². The molecule has 1 amide bonds. The van der Waals surface area contributed by atoms with E-state index in [1.807, 2.05) is 18.3 Å². The van der Waals surface area contributed by atoms with Crippen molar-refractivity contribution in [3.05, 3.63) is 23.9 Å². The number of ether oxygens (including phenoxy) is 1. The SMILES string of the molecule is O=C(CC1CCCO1)NCc1ccc(N2CCCC2)nc1. The Morgan fingerprint density at radius 1 is 1.33 bits per heavy atom. The van der Waals surface area contributed by atoms with Crippen LogP contribution in [0.1, 0.15) is 37.7 Å². The summed E-state index contributed by atoms with van der Waals surface area (Å²) in [6.45, 7) is 3.54. The number of anilines is 1. The zero-order chi connectivity index (χ0) is 14.5. The fourth-order valence-electron chi connectivity index (χ4n) is 2.94. The predicted octanol–water partition coefficient (Wildman–Crippen LogP) is 1.87. The zero-order valence-corrected chi connectivity index (χ0v) is 12.4. The molecule has 0 saturated carbocycles. The Kier molecular flexibility index (Phi) is 4.70. The van der Waals surface area contributed by atoms with Gasteiger partial charge in [0, 0.05) is 32.4 Å². The van der Waals surface area contributed by atoms with Crippen LogP contribution >= 0.6 is 0 Å². The standard InChI is InChI=1S/C16H23N3O2/c20-16(10-14-4-3-9-21-14)18-12-13-5-6-15(17-11-13)19-7-1-2-8-19/h5-6,11,14H,1-4,7-10,12H2,(H,18,20). The van der Waals surface area contributed by atoms with Crippen LogP contribution in [-0.4, -0.2) is 36.7 Å². The second-order valence-electron chi connectivity index (χ2n) is 5.83. The molecule has 5 heteroatoms. The van der Waals surface area contributed by atoms with E-state index in [1.165, 1.54) is 12.8 Å². The van der Waals surface area contributed by atoms with E-state index in [4.69, 9.17) is 4.74 Å². The van der Waals surface area contributed by atoms with E-state index in [0.717, 1.165) is 43.9 Å². The molecule has 0 aliphatic carbocycles. The first-order chi connectivity index (χ1) is 10.3. The molecule has 1 atom stereocenters. The molecule has 2 aliphatic heterocycles. The van der Waals surface area contributed by atoms with Crippen LogP contribution < -0.4 is 10.2 Å². The third-order valence-corrected chi connectivity index (χ3v) is 4.17. The van der Waals surface area contributed by atoms with Crippen LogP contribution in [0.5, 0.6) is 0 Å². The van der Waals surface area contributed by atoms with Crippen molar-refractivity contribution in [3.63, 3.8) is 0 Å². The molecule has 1 aromatic rings. The Morgan fingerprint density at radius 3 is 2.86 bits per heavy atom. The van der Waals surface area contributed by atoms with Gasteiger partial charge in [-0.1, -0.05) is 6.07 Å². The molecule has 1 aromatic heterocycles. The number of aromatic nitrogens is 1. The lowest BCUT2D eigenvalue weighted by molar-refractivity contribution is -0.123. The number of pyridine rings is 1. The van der Waals surface area contributed by atoms with Gasteiger partial charge in [-0.3, -0.25) is 4.79 Å². The molecule has 0 spiro atoms. The van der Waals surface area contributed by atoms with Crippen molar-refractivity contribution < 1.29 is 9.53 Å². The second kappa shape index (κ2) is 6.89. The van der Waals surface area contributed by atoms with Gasteiger partial charge in [0.2, 0.25) is 5.91 Å². The summed E-state index contributed by atoms with van der Waals surface area (Å²) in [7, 11) is 0. The number of hydrogen-bond acceptors (Lipinski definition) is 4. The highest BCUT2D eigenvalue weighted by molar-refractivity contribution is 5.76. The predicted molar refractivity (Wildman–Crippen MR) is 81.1 cm³/mol. The van der Waals surface area contributed by atoms with E-state index in [9.17, 15) is 4.79 Å². The third kappa shape index (κ3) is 3.94. The molecule has 2 saturated heterocycles. The largest absolute Gasteiger partial charge is 0.378 e. The monoisotopic (exact) mass is 289 g/mol. The molecular formula is C16H23N3O2. The Bertz CT molecular complexity index is 463. The van der Waals surface area contributed by atoms with Crippen molar-refractivity contribution >= 4 is 11.7 Å². The lowest BCUT2D eigenvalue weighted by atomic mass is 10.2. The van der Waals surface area contributed by atoms with Gasteiger partial charge in [0.05, 0.1) is 12.5 Å². The third-order valence-electron chi connectivity index (χ3n) is 4.17. The summed E-state index contributed by atoms with van der Waals surface area (Å²) in [5.74, 6) is 1.10. The van der Waals surface area contributed by atoms with Crippen LogP contribution in [-0.2, 0) is 16.1 Å². The highest BCUT2D eigenvalue weighted by Gasteiger charge is 2.18. The van der Waals surface area contributed by atoms with Crippen molar-refractivity contribution in [2.75, 3.05) is 24.6 Å². The van der Waals surface area contributed by atoms with Crippen molar-refractivity contribution in [2.24, 2.45) is 0 Å². The number of rotatable bonds is 5. The highest BCUT2D eigenvalue weighted by atomic mass is 16.5. The Hall–Kier alpha value is -1.62. The minimum Gasteiger partial charge on any atom is -0.378 e. The number of amides is 1. The molecule has 114 valence electrons. The molecule has 3 heterocycles. The summed E-state index contributed by atoms with van der Waals surface area (Å²) in [5, 5.41) is 2.94. The quantitative estimate of drug-likeness (QED) is 0.899. The van der Waals surface area contributed by atoms with Gasteiger partial charge in [-0.25, -0.2) is 4.98 Å². The molecule has 0 bridgehead atoms. The number of carbonyl (C=O) groups is 1. The number of nitrogens with zero attached hydrogens (tertiary/aromatic N) is 2. The summed E-state index contributed by atoms with van der Waals surface area (Å²) >= 11 is 0. The Balaban J connectivity index is 1.45. The van der Waals surface area contributed by atoms with Crippen LogP contribution in [0.15, 0.2) is 18.3 Å². The summed E-state index contributed by atoms with van der Waals surface area (Å²) in [4.78, 5) is 18.6. The van der Waals surface area contributed by atoms with Crippen LogP contribution in [0.25, 0.3) is 0 Å². The fraction of sp³-hybridized carbons (Fsp3) is 0.625. The van der Waals surface area contributed by atoms with E-state index >= 15 is 0 Å². The van der Waals surface area contributed by atoms with E-state index in [1.54, 1.807) is 0 Å². The summed E-state index contributed by atoms with van der Waals surface area (Å²) < 4.78 is 5.47. The summed E-state index contributed by atoms with van der Waals surface area (Å²) in [6.07, 6.45) is 7.02.